The summed E-state index contributed by atoms with van der Waals surface area (Å²) >= 11 is 4.65. The van der Waals surface area contributed by atoms with Crippen LogP contribution in [0.3, 0.4) is 0 Å². The molecule has 0 radical (unpaired) electrons. The molecule has 0 fully saturated rings. The largest absolute Gasteiger partial charge is 0.395 e. The molecule has 0 aliphatic carbocycles. The summed E-state index contributed by atoms with van der Waals surface area (Å²) < 4.78 is 0.911. The van der Waals surface area contributed by atoms with Crippen molar-refractivity contribution in [1.82, 2.24) is 9.97 Å². The van der Waals surface area contributed by atoms with Crippen molar-refractivity contribution in [3.63, 3.8) is 0 Å². The molecule has 4 nitrogen and oxygen atoms in total. The molecule has 0 unspecified atom stereocenters. The Morgan fingerprint density at radius 3 is 2.76 bits per heavy atom. The van der Waals surface area contributed by atoms with Gasteiger partial charge in [-0.25, -0.2) is 9.97 Å². The summed E-state index contributed by atoms with van der Waals surface area (Å²) in [7, 11) is 0. The fourth-order valence-corrected chi connectivity index (χ4v) is 2.16. The summed E-state index contributed by atoms with van der Waals surface area (Å²) in [5.74, 6) is 0. The first-order chi connectivity index (χ1) is 8.20. The Morgan fingerprint density at radius 2 is 2.12 bits per heavy atom. The molecule has 2 aromatic heterocycles. The van der Waals surface area contributed by atoms with Crippen LogP contribution in [0.2, 0.25) is 0 Å². The zero-order valence-electron chi connectivity index (χ0n) is 8.59. The summed E-state index contributed by atoms with van der Waals surface area (Å²) in [6.45, 7) is 0. The van der Waals surface area contributed by atoms with Gasteiger partial charge in [-0.05, 0) is 45.9 Å². The van der Waals surface area contributed by atoms with Gasteiger partial charge in [-0.3, -0.25) is 0 Å². The zero-order chi connectivity index (χ0) is 12.3. The normalized spacial score (nSPS) is 9.88. The lowest BCUT2D eigenvalue weighted by Gasteiger charge is -2.04. The van der Waals surface area contributed by atoms with Crippen LogP contribution < -0.4 is 5.73 Å². The Morgan fingerprint density at radius 1 is 1.29 bits per heavy atom. The number of hydrogen-bond donors (Lipinski definition) is 1. The Labute approximate surface area is 111 Å². The smallest absolute Gasteiger partial charge is 0.127 e. The van der Waals surface area contributed by atoms with E-state index in [1.807, 2.05) is 18.2 Å². The van der Waals surface area contributed by atoms with E-state index in [0.717, 1.165) is 9.50 Å². The van der Waals surface area contributed by atoms with Crippen LogP contribution in [0.5, 0.6) is 0 Å². The summed E-state index contributed by atoms with van der Waals surface area (Å²) in [6, 6.07) is 7.36. The van der Waals surface area contributed by atoms with Crippen LogP contribution in [-0.4, -0.2) is 9.97 Å². The van der Waals surface area contributed by atoms with Crippen LogP contribution in [-0.2, 0) is 0 Å². The molecule has 2 heterocycles. The molecule has 0 atom stereocenters. The third-order valence-electron chi connectivity index (χ3n) is 1.98. The van der Waals surface area contributed by atoms with Crippen LogP contribution >= 0.6 is 27.7 Å². The van der Waals surface area contributed by atoms with Gasteiger partial charge in [0.2, 0.25) is 0 Å². The van der Waals surface area contributed by atoms with Gasteiger partial charge >= 0.3 is 0 Å². The van der Waals surface area contributed by atoms with Crippen LogP contribution in [0.25, 0.3) is 0 Å². The second-order valence-corrected chi connectivity index (χ2v) is 5.03. The summed E-state index contributed by atoms with van der Waals surface area (Å²) in [6.07, 6.45) is 3.27. The zero-order valence-corrected chi connectivity index (χ0v) is 11.0. The Hall–Kier alpha value is -1.58. The second-order valence-electron chi connectivity index (χ2n) is 3.11. The van der Waals surface area contributed by atoms with E-state index < -0.39 is 0 Å². The summed E-state index contributed by atoms with van der Waals surface area (Å²) in [4.78, 5) is 8.35. The molecule has 2 rings (SSSR count). The maximum absolute atomic E-state index is 8.86. The van der Waals surface area contributed by atoms with E-state index in [2.05, 4.69) is 25.9 Å². The maximum Gasteiger partial charge on any atom is 0.127 e. The van der Waals surface area contributed by atoms with Gasteiger partial charge in [-0.2, -0.15) is 5.26 Å². The molecule has 0 saturated heterocycles. The number of nitrogens with two attached hydrogens (primary N) is 1. The predicted octanol–water partition coefficient (Wildman–Crippen LogP) is 2.84. The van der Waals surface area contributed by atoms with Crippen molar-refractivity contribution >= 4 is 33.4 Å². The minimum absolute atomic E-state index is 0.393. The van der Waals surface area contributed by atoms with Gasteiger partial charge in [-0.15, -0.1) is 0 Å². The average Bonchev–Trinajstić information content (AvgIpc) is 2.35. The van der Waals surface area contributed by atoms with Crippen molar-refractivity contribution < 1.29 is 0 Å². The summed E-state index contributed by atoms with van der Waals surface area (Å²) in [5, 5.41) is 10.2. The Kier molecular flexibility index (Phi) is 3.61. The molecule has 0 amide bonds. The number of anilines is 1. The van der Waals surface area contributed by atoms with Crippen molar-refractivity contribution in [2.24, 2.45) is 0 Å². The molecule has 0 saturated carbocycles. The van der Waals surface area contributed by atoms with E-state index in [9.17, 15) is 0 Å². The van der Waals surface area contributed by atoms with Gasteiger partial charge < -0.3 is 5.73 Å². The predicted molar refractivity (Wildman–Crippen MR) is 69.4 cm³/mol. The number of nitrogens with zero attached hydrogens (tertiary/aromatic N) is 3. The number of aromatic nitrogens is 2. The molecule has 0 aliphatic rings. The van der Waals surface area contributed by atoms with Crippen molar-refractivity contribution in [1.29, 1.82) is 5.26 Å². The molecule has 17 heavy (non-hydrogen) atoms. The van der Waals surface area contributed by atoms with Gasteiger partial charge in [-0.1, -0.05) is 0 Å². The monoisotopic (exact) mass is 306 g/mol. The highest BCUT2D eigenvalue weighted by molar-refractivity contribution is 9.10. The van der Waals surface area contributed by atoms with E-state index >= 15 is 0 Å². The molecule has 0 spiro atoms. The van der Waals surface area contributed by atoms with Gasteiger partial charge in [0.15, 0.2) is 0 Å². The van der Waals surface area contributed by atoms with E-state index in [0.29, 0.717) is 16.3 Å². The molecular weight excluding hydrogens is 300 g/mol. The van der Waals surface area contributed by atoms with Crippen LogP contribution in [0, 0.1) is 11.3 Å². The molecule has 0 bridgehead atoms. The van der Waals surface area contributed by atoms with Crippen LogP contribution in [0.15, 0.2) is 45.1 Å². The number of nitriles is 1. The van der Waals surface area contributed by atoms with E-state index in [1.54, 1.807) is 18.5 Å². The lowest BCUT2D eigenvalue weighted by Crippen LogP contribution is -1.95. The van der Waals surface area contributed by atoms with E-state index in [-0.39, 0.29) is 0 Å². The lowest BCUT2D eigenvalue weighted by molar-refractivity contribution is 1.09. The SMILES string of the molecule is N#Cc1ccnc(Sc2ccc(Br)cn2)c1N. The van der Waals surface area contributed by atoms with Crippen LogP contribution in [0.1, 0.15) is 5.56 Å². The highest BCUT2D eigenvalue weighted by Crippen LogP contribution is 2.30. The first kappa shape index (κ1) is 11.9. The first-order valence-electron chi connectivity index (χ1n) is 4.64. The maximum atomic E-state index is 8.86. The topological polar surface area (TPSA) is 75.6 Å². The van der Waals surface area contributed by atoms with Crippen molar-refractivity contribution in [3.8, 4) is 6.07 Å². The molecule has 6 heteroatoms. The number of pyridine rings is 2. The molecule has 0 aliphatic heterocycles. The van der Waals surface area contributed by atoms with Crippen molar-refractivity contribution in [3.05, 3.63) is 40.6 Å². The van der Waals surface area contributed by atoms with Gasteiger partial charge in [0, 0.05) is 16.9 Å². The fourth-order valence-electron chi connectivity index (χ4n) is 1.15. The molecule has 0 aromatic carbocycles. The quantitative estimate of drug-likeness (QED) is 0.923. The van der Waals surface area contributed by atoms with E-state index in [1.165, 1.54) is 11.8 Å². The minimum Gasteiger partial charge on any atom is -0.395 e. The number of nitrogen functional groups attached to an aromatic ring is 1. The third kappa shape index (κ3) is 2.75. The fraction of sp³-hybridized carbons (Fsp3) is 0. The van der Waals surface area contributed by atoms with Crippen LogP contribution in [0.4, 0.5) is 5.69 Å². The number of hydrogen-bond acceptors (Lipinski definition) is 5. The third-order valence-corrected chi connectivity index (χ3v) is 3.41. The standard InChI is InChI=1S/C11H7BrN4S/c12-8-1-2-9(16-6-8)17-11-10(14)7(5-13)3-4-15-11/h1-4,6H,14H2. The summed E-state index contributed by atoms with van der Waals surface area (Å²) in [5.41, 5.74) is 6.65. The number of halogens is 1. The van der Waals surface area contributed by atoms with Gasteiger partial charge in [0.1, 0.15) is 16.1 Å². The van der Waals surface area contributed by atoms with Crippen molar-refractivity contribution in [2.45, 2.75) is 10.1 Å². The lowest BCUT2D eigenvalue weighted by atomic mass is 10.2. The first-order valence-corrected chi connectivity index (χ1v) is 6.25. The Balaban J connectivity index is 2.31. The molecule has 2 N–H and O–H groups in total. The van der Waals surface area contributed by atoms with Gasteiger partial charge in [0.05, 0.1) is 11.3 Å². The van der Waals surface area contributed by atoms with E-state index in [4.69, 9.17) is 11.0 Å². The minimum atomic E-state index is 0.393. The van der Waals surface area contributed by atoms with Gasteiger partial charge in [0.25, 0.3) is 0 Å². The Bertz CT molecular complexity index is 577. The highest BCUT2D eigenvalue weighted by atomic mass is 79.9. The molecule has 84 valence electrons. The number of rotatable bonds is 2. The molecule has 2 aromatic rings. The second kappa shape index (κ2) is 5.17. The average molecular weight is 307 g/mol. The van der Waals surface area contributed by atoms with Crippen molar-refractivity contribution in [2.75, 3.05) is 5.73 Å². The highest BCUT2D eigenvalue weighted by Gasteiger charge is 2.08. The molecular formula is C11H7BrN4S.